The molecule has 3 heteroatoms. The van der Waals surface area contributed by atoms with Crippen LogP contribution in [0.3, 0.4) is 0 Å². The number of benzene rings is 2. The zero-order chi connectivity index (χ0) is 24.9. The predicted molar refractivity (Wildman–Crippen MR) is 141 cm³/mol. The Hall–Kier alpha value is -2.68. The number of allylic oxidation sites excluding steroid dienone is 1. The van der Waals surface area contributed by atoms with Crippen LogP contribution in [0.2, 0.25) is 0 Å². The normalized spacial score (nSPS) is 24.8. The third-order valence-corrected chi connectivity index (χ3v) is 8.46. The molecule has 4 atom stereocenters. The minimum Gasteiger partial charge on any atom is -0.461 e. The summed E-state index contributed by atoms with van der Waals surface area (Å²) in [4.78, 5) is 26.9. The first-order valence-corrected chi connectivity index (χ1v) is 13.4. The highest BCUT2D eigenvalue weighted by Crippen LogP contribution is 2.44. The van der Waals surface area contributed by atoms with Gasteiger partial charge in [0.05, 0.1) is 0 Å². The summed E-state index contributed by atoms with van der Waals surface area (Å²) in [5, 5.41) is 0. The lowest BCUT2D eigenvalue weighted by molar-refractivity contribution is -0.162. The van der Waals surface area contributed by atoms with E-state index in [1.54, 1.807) is 0 Å². The van der Waals surface area contributed by atoms with E-state index in [1.165, 1.54) is 17.6 Å². The minimum absolute atomic E-state index is 0.148. The second-order valence-electron chi connectivity index (χ2n) is 11.3. The van der Waals surface area contributed by atoms with E-state index in [2.05, 4.69) is 45.0 Å². The summed E-state index contributed by atoms with van der Waals surface area (Å²) >= 11 is 0. The van der Waals surface area contributed by atoms with E-state index in [9.17, 15) is 9.59 Å². The third-order valence-electron chi connectivity index (χ3n) is 8.46. The van der Waals surface area contributed by atoms with Gasteiger partial charge in [0.2, 0.25) is 0 Å². The lowest BCUT2D eigenvalue weighted by Gasteiger charge is -2.44. The van der Waals surface area contributed by atoms with Crippen LogP contribution < -0.4 is 0 Å². The van der Waals surface area contributed by atoms with Crippen molar-refractivity contribution >= 4 is 12.3 Å². The number of carbonyl (C=O) groups is 2. The first kappa shape index (κ1) is 25.4. The second kappa shape index (κ2) is 10.9. The summed E-state index contributed by atoms with van der Waals surface area (Å²) in [6.07, 6.45) is 10.8. The number of esters is 1. The highest BCUT2D eigenvalue weighted by atomic mass is 16.5. The van der Waals surface area contributed by atoms with Crippen LogP contribution in [0.4, 0.5) is 0 Å². The van der Waals surface area contributed by atoms with Gasteiger partial charge in [-0.15, -0.1) is 0 Å². The molecule has 0 radical (unpaired) electrons. The predicted octanol–water partition coefficient (Wildman–Crippen LogP) is 7.34. The molecule has 186 valence electrons. The zero-order valence-corrected chi connectivity index (χ0v) is 21.5. The van der Waals surface area contributed by atoms with E-state index in [4.69, 9.17) is 4.74 Å². The summed E-state index contributed by atoms with van der Waals surface area (Å²) in [6, 6.07) is 20.0. The molecule has 2 fully saturated rings. The van der Waals surface area contributed by atoms with E-state index >= 15 is 0 Å². The van der Waals surface area contributed by atoms with Crippen molar-refractivity contribution in [1.29, 1.82) is 0 Å². The van der Waals surface area contributed by atoms with Crippen molar-refractivity contribution in [3.8, 4) is 0 Å². The van der Waals surface area contributed by atoms with Crippen LogP contribution in [0.15, 0.2) is 72.3 Å². The van der Waals surface area contributed by atoms with Gasteiger partial charge in [-0.05, 0) is 61.0 Å². The highest BCUT2D eigenvalue weighted by Gasteiger charge is 2.46. The van der Waals surface area contributed by atoms with Crippen LogP contribution in [0.25, 0.3) is 0 Å². The molecular formula is C32H40O3. The van der Waals surface area contributed by atoms with E-state index in [0.717, 1.165) is 51.2 Å². The molecule has 2 saturated carbocycles. The van der Waals surface area contributed by atoms with E-state index < -0.39 is 11.4 Å². The van der Waals surface area contributed by atoms with Gasteiger partial charge in [-0.25, -0.2) is 0 Å². The Morgan fingerprint density at radius 1 is 0.886 bits per heavy atom. The standard InChI is InChI=1S/C32H40O3/c1-24-19-20-28(31(2,3)26-15-9-5-10-16-26)29(21-24)35-30(34)32(23-33,27-17-11-6-12-18-27)22-25-13-7-4-8-14-25/h5-6,9-12,15-18,22-24,28-29H,4,7-8,13-14,19-21H2,1-3H3/t24-,28-,29-,32-/m1/s1. The van der Waals surface area contributed by atoms with E-state index in [1.807, 2.05) is 42.5 Å². The molecule has 4 rings (SSSR count). The van der Waals surface area contributed by atoms with Crippen molar-refractivity contribution in [2.75, 3.05) is 0 Å². The average Bonchev–Trinajstić information content (AvgIpc) is 2.89. The molecule has 0 saturated heterocycles. The van der Waals surface area contributed by atoms with Crippen LogP contribution in [0.1, 0.15) is 83.3 Å². The summed E-state index contributed by atoms with van der Waals surface area (Å²) in [7, 11) is 0. The molecule has 0 N–H and O–H groups in total. The molecule has 3 nitrogen and oxygen atoms in total. The van der Waals surface area contributed by atoms with Crippen molar-refractivity contribution in [3.63, 3.8) is 0 Å². The Morgan fingerprint density at radius 2 is 1.49 bits per heavy atom. The van der Waals surface area contributed by atoms with Crippen LogP contribution in [0, 0.1) is 11.8 Å². The third kappa shape index (κ3) is 5.44. The van der Waals surface area contributed by atoms with Gasteiger partial charge in [0, 0.05) is 5.92 Å². The molecule has 0 spiro atoms. The monoisotopic (exact) mass is 472 g/mol. The quantitative estimate of drug-likeness (QED) is 0.183. The largest absolute Gasteiger partial charge is 0.461 e. The number of hydrogen-bond acceptors (Lipinski definition) is 3. The van der Waals surface area contributed by atoms with Crippen LogP contribution >= 0.6 is 0 Å². The van der Waals surface area contributed by atoms with Gasteiger partial charge in [-0.3, -0.25) is 4.79 Å². The molecule has 0 aliphatic heterocycles. The maximum Gasteiger partial charge on any atom is 0.328 e. The fraction of sp³-hybridized carbons (Fsp3) is 0.500. The molecule has 0 unspecified atom stereocenters. The zero-order valence-electron chi connectivity index (χ0n) is 21.5. The van der Waals surface area contributed by atoms with Crippen molar-refractivity contribution < 1.29 is 14.3 Å². The van der Waals surface area contributed by atoms with Crippen molar-refractivity contribution in [3.05, 3.63) is 83.4 Å². The maximum absolute atomic E-state index is 14.1. The van der Waals surface area contributed by atoms with Gasteiger partial charge in [-0.1, -0.05) is 106 Å². The molecule has 0 amide bonds. The fourth-order valence-electron chi connectivity index (χ4n) is 6.20. The molecule has 2 aromatic carbocycles. The number of ether oxygens (including phenoxy) is 1. The lowest BCUT2D eigenvalue weighted by atomic mass is 9.64. The van der Waals surface area contributed by atoms with Crippen molar-refractivity contribution in [2.24, 2.45) is 11.8 Å². The number of rotatable bonds is 7. The summed E-state index contributed by atoms with van der Waals surface area (Å²) in [5.74, 6) is 0.243. The smallest absolute Gasteiger partial charge is 0.328 e. The van der Waals surface area contributed by atoms with E-state index in [-0.39, 0.29) is 17.4 Å². The molecule has 2 aliphatic rings. The molecule has 2 aliphatic carbocycles. The van der Waals surface area contributed by atoms with Gasteiger partial charge in [-0.2, -0.15) is 0 Å². The Morgan fingerprint density at radius 3 is 2.09 bits per heavy atom. The number of aldehydes is 1. The van der Waals surface area contributed by atoms with E-state index in [0.29, 0.717) is 11.5 Å². The Labute approximate surface area is 211 Å². The van der Waals surface area contributed by atoms with Gasteiger partial charge in [0.25, 0.3) is 0 Å². The molecule has 2 aromatic rings. The summed E-state index contributed by atoms with van der Waals surface area (Å²) < 4.78 is 6.42. The average molecular weight is 473 g/mol. The highest BCUT2D eigenvalue weighted by molar-refractivity contribution is 6.02. The summed E-state index contributed by atoms with van der Waals surface area (Å²) in [5.41, 5.74) is 1.61. The van der Waals surface area contributed by atoms with Gasteiger partial charge in [0.15, 0.2) is 5.41 Å². The topological polar surface area (TPSA) is 43.4 Å². The molecule has 0 heterocycles. The Bertz CT molecular complexity index is 1020. The minimum atomic E-state index is -1.39. The first-order chi connectivity index (χ1) is 16.9. The molecular weight excluding hydrogens is 432 g/mol. The Balaban J connectivity index is 1.69. The van der Waals surface area contributed by atoms with Crippen LogP contribution in [-0.4, -0.2) is 18.4 Å². The van der Waals surface area contributed by atoms with Crippen LogP contribution in [-0.2, 0) is 25.2 Å². The summed E-state index contributed by atoms with van der Waals surface area (Å²) in [6.45, 7) is 6.76. The van der Waals surface area contributed by atoms with Gasteiger partial charge in [0.1, 0.15) is 12.4 Å². The molecule has 35 heavy (non-hydrogen) atoms. The fourth-order valence-corrected chi connectivity index (χ4v) is 6.20. The van der Waals surface area contributed by atoms with Gasteiger partial charge >= 0.3 is 5.97 Å². The maximum atomic E-state index is 14.1. The van der Waals surface area contributed by atoms with Crippen molar-refractivity contribution in [2.45, 2.75) is 89.1 Å². The lowest BCUT2D eigenvalue weighted by Crippen LogP contribution is -2.47. The SMILES string of the molecule is C[C@@H]1CC[C@@H](C(C)(C)c2ccccc2)[C@H](OC(=O)[C@@](C=O)(C=C2CCCCC2)c2ccccc2)C1. The first-order valence-electron chi connectivity index (χ1n) is 13.4. The number of carbonyl (C=O) groups excluding carboxylic acids is 2. The van der Waals surface area contributed by atoms with Crippen LogP contribution in [0.5, 0.6) is 0 Å². The van der Waals surface area contributed by atoms with Crippen molar-refractivity contribution in [1.82, 2.24) is 0 Å². The Kier molecular flexibility index (Phi) is 7.94. The number of hydrogen-bond donors (Lipinski definition) is 0. The second-order valence-corrected chi connectivity index (χ2v) is 11.3. The molecule has 0 bridgehead atoms. The molecule has 0 aromatic heterocycles. The van der Waals surface area contributed by atoms with Gasteiger partial charge < -0.3 is 9.53 Å².